The first-order chi connectivity index (χ1) is 8.31. The molecule has 3 heteroatoms. The van der Waals surface area contributed by atoms with Gasteiger partial charge >= 0.3 is 0 Å². The molecule has 0 aliphatic rings. The van der Waals surface area contributed by atoms with Crippen LogP contribution in [0.2, 0.25) is 0 Å². The molecule has 0 aliphatic carbocycles. The Kier molecular flexibility index (Phi) is 3.94. The lowest BCUT2D eigenvalue weighted by molar-refractivity contribution is 0.459. The summed E-state index contributed by atoms with van der Waals surface area (Å²) in [5.41, 5.74) is 7.85. The van der Waals surface area contributed by atoms with E-state index in [0.29, 0.717) is 19.5 Å². The summed E-state index contributed by atoms with van der Waals surface area (Å²) in [6.45, 7) is 1.10. The second-order valence-corrected chi connectivity index (χ2v) is 4.12. The maximum atomic E-state index is 11.9. The summed E-state index contributed by atoms with van der Waals surface area (Å²) in [5, 5.41) is 5.52. The van der Waals surface area contributed by atoms with E-state index in [2.05, 4.69) is 17.4 Å². The summed E-state index contributed by atoms with van der Waals surface area (Å²) in [6, 6.07) is 12.2. The molecule has 0 saturated carbocycles. The van der Waals surface area contributed by atoms with Crippen LogP contribution in [0.15, 0.2) is 36.4 Å². The average molecular weight is 232 g/mol. The van der Waals surface area contributed by atoms with Gasteiger partial charge in [0.25, 0.3) is 0 Å². The van der Waals surface area contributed by atoms with Gasteiger partial charge in [-0.1, -0.05) is 24.3 Å². The Balaban J connectivity index is 2.14. The molecule has 0 heterocycles. The number of benzene rings is 2. The second-order valence-electron chi connectivity index (χ2n) is 4.12. The third kappa shape index (κ3) is 2.94. The molecular formula is C14H17FN2. The lowest BCUT2D eigenvalue weighted by atomic mass is 10.1. The Bertz CT molecular complexity index is 497. The van der Waals surface area contributed by atoms with Gasteiger partial charge in [0.2, 0.25) is 0 Å². The highest BCUT2D eigenvalue weighted by Crippen LogP contribution is 2.21. The number of nitrogens with one attached hydrogen (secondary N) is 1. The fraction of sp³-hybridized carbons (Fsp3) is 0.286. The van der Waals surface area contributed by atoms with Crippen LogP contribution in [0, 0.1) is 0 Å². The molecule has 0 saturated heterocycles. The number of nitrogen functional groups attached to an aromatic ring is 1. The van der Waals surface area contributed by atoms with E-state index in [1.807, 2.05) is 24.3 Å². The Morgan fingerprint density at radius 2 is 1.82 bits per heavy atom. The van der Waals surface area contributed by atoms with E-state index < -0.39 is 0 Å². The number of hydrogen-bond acceptors (Lipinski definition) is 2. The molecule has 0 atom stereocenters. The van der Waals surface area contributed by atoms with Crippen molar-refractivity contribution in [2.75, 3.05) is 19.0 Å². The molecule has 0 radical (unpaired) electrons. The highest BCUT2D eigenvalue weighted by Gasteiger charge is 2.01. The first-order valence-electron chi connectivity index (χ1n) is 5.85. The van der Waals surface area contributed by atoms with Crippen molar-refractivity contribution in [2.24, 2.45) is 0 Å². The van der Waals surface area contributed by atoms with Gasteiger partial charge in [0, 0.05) is 12.2 Å². The van der Waals surface area contributed by atoms with E-state index in [4.69, 9.17) is 5.73 Å². The third-order valence-electron chi connectivity index (χ3n) is 2.81. The highest BCUT2D eigenvalue weighted by atomic mass is 19.1. The molecule has 0 unspecified atom stereocenters. The van der Waals surface area contributed by atoms with Gasteiger partial charge in [0.05, 0.1) is 6.67 Å². The fourth-order valence-corrected chi connectivity index (χ4v) is 1.87. The van der Waals surface area contributed by atoms with Gasteiger partial charge in [0.15, 0.2) is 0 Å². The van der Waals surface area contributed by atoms with E-state index in [1.165, 1.54) is 5.39 Å². The number of rotatable bonds is 5. The molecule has 0 aliphatic heterocycles. The molecule has 90 valence electrons. The van der Waals surface area contributed by atoms with Crippen molar-refractivity contribution in [3.63, 3.8) is 0 Å². The molecule has 2 aromatic rings. The number of alkyl halides is 1. The molecule has 17 heavy (non-hydrogen) atoms. The maximum absolute atomic E-state index is 11.9. The Morgan fingerprint density at radius 1 is 1.12 bits per heavy atom. The molecule has 0 amide bonds. The van der Waals surface area contributed by atoms with Crippen LogP contribution in [-0.4, -0.2) is 13.2 Å². The van der Waals surface area contributed by atoms with Crippen LogP contribution < -0.4 is 11.1 Å². The molecule has 2 rings (SSSR count). The number of hydrogen-bond donors (Lipinski definition) is 2. The Labute approximate surface area is 101 Å². The van der Waals surface area contributed by atoms with Crippen molar-refractivity contribution in [3.05, 3.63) is 42.0 Å². The van der Waals surface area contributed by atoms with Crippen molar-refractivity contribution in [3.8, 4) is 0 Å². The van der Waals surface area contributed by atoms with Crippen molar-refractivity contribution in [2.45, 2.75) is 13.0 Å². The Morgan fingerprint density at radius 3 is 2.53 bits per heavy atom. The standard InChI is InChI=1S/C14H17FN2/c15-6-3-7-17-10-13-8-11-4-1-2-5-12(11)9-14(13)16/h1-2,4-5,8-9,17H,3,6-7,10,16H2. The van der Waals surface area contributed by atoms with Crippen LogP contribution in [0.1, 0.15) is 12.0 Å². The largest absolute Gasteiger partial charge is 0.398 e. The van der Waals surface area contributed by atoms with Crippen LogP contribution in [0.3, 0.4) is 0 Å². The number of fused-ring (bicyclic) bond motifs is 1. The minimum Gasteiger partial charge on any atom is -0.398 e. The van der Waals surface area contributed by atoms with Crippen LogP contribution in [0.5, 0.6) is 0 Å². The molecule has 0 spiro atoms. The van der Waals surface area contributed by atoms with Gasteiger partial charge in [-0.25, -0.2) is 0 Å². The van der Waals surface area contributed by atoms with Crippen LogP contribution >= 0.6 is 0 Å². The van der Waals surface area contributed by atoms with Gasteiger partial charge in [-0.05, 0) is 41.4 Å². The molecule has 0 bridgehead atoms. The summed E-state index contributed by atoms with van der Waals surface area (Å²) < 4.78 is 11.9. The summed E-state index contributed by atoms with van der Waals surface area (Å²) >= 11 is 0. The van der Waals surface area contributed by atoms with Gasteiger partial charge in [0.1, 0.15) is 0 Å². The zero-order chi connectivity index (χ0) is 12.1. The zero-order valence-electron chi connectivity index (χ0n) is 9.75. The van der Waals surface area contributed by atoms with Crippen LogP contribution in [0.25, 0.3) is 10.8 Å². The van der Waals surface area contributed by atoms with Gasteiger partial charge in [-0.15, -0.1) is 0 Å². The fourth-order valence-electron chi connectivity index (χ4n) is 1.87. The highest BCUT2D eigenvalue weighted by molar-refractivity contribution is 5.86. The predicted molar refractivity (Wildman–Crippen MR) is 70.7 cm³/mol. The summed E-state index contributed by atoms with van der Waals surface area (Å²) in [7, 11) is 0. The molecule has 3 N–H and O–H groups in total. The molecular weight excluding hydrogens is 215 g/mol. The first-order valence-corrected chi connectivity index (χ1v) is 5.85. The SMILES string of the molecule is Nc1cc2ccccc2cc1CNCCCF. The van der Waals surface area contributed by atoms with Crippen LogP contribution in [0.4, 0.5) is 10.1 Å². The smallest absolute Gasteiger partial charge is 0.0906 e. The van der Waals surface area contributed by atoms with E-state index in [0.717, 1.165) is 16.6 Å². The average Bonchev–Trinajstić information content (AvgIpc) is 2.35. The van der Waals surface area contributed by atoms with Gasteiger partial charge in [-0.2, -0.15) is 0 Å². The van der Waals surface area contributed by atoms with E-state index >= 15 is 0 Å². The molecule has 0 fully saturated rings. The predicted octanol–water partition coefficient (Wildman–Crippen LogP) is 2.87. The number of anilines is 1. The van der Waals surface area contributed by atoms with Crippen LogP contribution in [-0.2, 0) is 6.54 Å². The van der Waals surface area contributed by atoms with E-state index in [1.54, 1.807) is 0 Å². The third-order valence-corrected chi connectivity index (χ3v) is 2.81. The van der Waals surface area contributed by atoms with Gasteiger partial charge in [-0.3, -0.25) is 4.39 Å². The topological polar surface area (TPSA) is 38.0 Å². The van der Waals surface area contributed by atoms with E-state index in [9.17, 15) is 4.39 Å². The number of nitrogens with two attached hydrogens (primary N) is 1. The second kappa shape index (κ2) is 5.64. The van der Waals surface area contributed by atoms with E-state index in [-0.39, 0.29) is 6.67 Å². The monoisotopic (exact) mass is 232 g/mol. The van der Waals surface area contributed by atoms with Crippen molar-refractivity contribution in [1.29, 1.82) is 0 Å². The van der Waals surface area contributed by atoms with Crippen molar-refractivity contribution >= 4 is 16.5 Å². The molecule has 2 aromatic carbocycles. The minimum absolute atomic E-state index is 0.278. The van der Waals surface area contributed by atoms with Crippen molar-refractivity contribution in [1.82, 2.24) is 5.32 Å². The van der Waals surface area contributed by atoms with Crippen molar-refractivity contribution < 1.29 is 4.39 Å². The quantitative estimate of drug-likeness (QED) is 0.614. The number of halogens is 1. The molecule has 0 aromatic heterocycles. The maximum Gasteiger partial charge on any atom is 0.0906 e. The summed E-state index contributed by atoms with van der Waals surface area (Å²) in [5.74, 6) is 0. The first kappa shape index (κ1) is 11.9. The molecule has 2 nitrogen and oxygen atoms in total. The Hall–Kier alpha value is -1.61. The zero-order valence-corrected chi connectivity index (χ0v) is 9.75. The minimum atomic E-state index is -0.278. The summed E-state index contributed by atoms with van der Waals surface area (Å²) in [4.78, 5) is 0. The van der Waals surface area contributed by atoms with Gasteiger partial charge < -0.3 is 11.1 Å². The lowest BCUT2D eigenvalue weighted by Gasteiger charge is -2.09. The summed E-state index contributed by atoms with van der Waals surface area (Å²) in [6.07, 6.45) is 0.549. The lowest BCUT2D eigenvalue weighted by Crippen LogP contribution is -2.16. The normalized spacial score (nSPS) is 10.9.